The molecule has 0 aromatic heterocycles. The van der Waals surface area contributed by atoms with Crippen molar-refractivity contribution in [1.29, 1.82) is 0 Å². The molecule has 0 bridgehead atoms. The van der Waals surface area contributed by atoms with Crippen LogP contribution in [0.1, 0.15) is 6.92 Å². The minimum Gasteiger partial charge on any atom is -0.461 e. The third kappa shape index (κ3) is 1.29. The largest absolute Gasteiger partial charge is 0.461 e. The maximum atomic E-state index is 11.0. The number of carbonyl (C=O) groups excluding carboxylic acids is 1. The topological polar surface area (TPSA) is 26.3 Å². The van der Waals surface area contributed by atoms with E-state index in [1.165, 1.54) is 0 Å². The summed E-state index contributed by atoms with van der Waals surface area (Å²) in [6, 6.07) is 0.111. The maximum absolute atomic E-state index is 11.0. The highest BCUT2D eigenvalue weighted by Gasteiger charge is 2.54. The minimum atomic E-state index is -0.0486. The molecule has 0 N–H and O–H groups in total. The second kappa shape index (κ2) is 2.23. The van der Waals surface area contributed by atoms with Gasteiger partial charge in [-0.2, -0.15) is 0 Å². The minimum absolute atomic E-state index is 0.0486. The molecule has 0 aromatic rings. The molecule has 1 fully saturated rings. The molecule has 0 saturated carbocycles. The predicted molar refractivity (Wildman–Crippen MR) is 37.4 cm³/mol. The average Bonchev–Trinajstić information content (AvgIpc) is 2.41. The molecule has 1 rings (SSSR count). The van der Waals surface area contributed by atoms with Gasteiger partial charge in [-0.05, 0) is 6.92 Å². The Morgan fingerprint density at radius 1 is 1.70 bits per heavy atom. The number of carbonyl (C=O) groups is 1. The summed E-state index contributed by atoms with van der Waals surface area (Å²) in [5.74, 6) is -0.0486. The predicted octanol–water partition coefficient (Wildman–Crippen LogP) is 0.00810. The van der Waals surface area contributed by atoms with E-state index in [1.54, 1.807) is 0 Å². The Morgan fingerprint density at radius 2 is 2.20 bits per heavy atom. The number of likely N-dealkylation sites (N-methyl/N-ethyl adjacent to an activating group) is 1. The molecule has 0 radical (unpaired) electrons. The number of hydrogen-bond donors (Lipinski definition) is 0. The van der Waals surface area contributed by atoms with Crippen LogP contribution in [0.2, 0.25) is 0 Å². The Kier molecular flexibility index (Phi) is 1.68. The van der Waals surface area contributed by atoms with Gasteiger partial charge in [0.05, 0.1) is 20.7 Å². The van der Waals surface area contributed by atoms with Crippen molar-refractivity contribution >= 4 is 5.97 Å². The second-order valence-electron chi connectivity index (χ2n) is 3.23. The third-order valence-corrected chi connectivity index (χ3v) is 1.91. The Labute approximate surface area is 61.2 Å². The average molecular weight is 144 g/mol. The molecule has 10 heavy (non-hydrogen) atoms. The van der Waals surface area contributed by atoms with Crippen molar-refractivity contribution < 1.29 is 14.0 Å². The highest BCUT2D eigenvalue weighted by atomic mass is 16.5. The van der Waals surface area contributed by atoms with E-state index in [2.05, 4.69) is 0 Å². The first kappa shape index (κ1) is 7.54. The van der Waals surface area contributed by atoms with Crippen molar-refractivity contribution in [2.24, 2.45) is 0 Å². The number of ether oxygens (including phenoxy) is 1. The third-order valence-electron chi connectivity index (χ3n) is 1.91. The fourth-order valence-electron chi connectivity index (χ4n) is 0.997. The lowest BCUT2D eigenvalue weighted by atomic mass is 10.5. The summed E-state index contributed by atoms with van der Waals surface area (Å²) < 4.78 is 5.64. The summed E-state index contributed by atoms with van der Waals surface area (Å²) in [5, 5.41) is 0. The van der Waals surface area contributed by atoms with Crippen LogP contribution in [0.3, 0.4) is 0 Å². The van der Waals surface area contributed by atoms with E-state index in [9.17, 15) is 4.79 Å². The monoisotopic (exact) mass is 144 g/mol. The maximum Gasteiger partial charge on any atom is 0.371 e. The molecule has 3 heteroatoms. The summed E-state index contributed by atoms with van der Waals surface area (Å²) in [7, 11) is 4.06. The lowest BCUT2D eigenvalue weighted by Crippen LogP contribution is -2.24. The fourth-order valence-corrected chi connectivity index (χ4v) is 0.997. The first-order valence-corrected chi connectivity index (χ1v) is 3.57. The standard InChI is InChI=1S/C7H14NO2/c1-4-10-7(9)6-5-8(6,2)3/h6H,4-5H2,1-3H3/q+1/t6-/m1/s1. The van der Waals surface area contributed by atoms with E-state index in [0.717, 1.165) is 11.0 Å². The molecule has 0 aromatic carbocycles. The number of nitrogens with zero attached hydrogens (tertiary/aromatic N) is 1. The van der Waals surface area contributed by atoms with E-state index in [1.807, 2.05) is 21.0 Å². The van der Waals surface area contributed by atoms with E-state index < -0.39 is 0 Å². The molecular formula is C7H14NO2+. The van der Waals surface area contributed by atoms with Crippen LogP contribution >= 0.6 is 0 Å². The Morgan fingerprint density at radius 3 is 2.50 bits per heavy atom. The SMILES string of the molecule is CCOC(=O)[C@H]1C[N+]1(C)C. The molecule has 0 aliphatic carbocycles. The van der Waals surface area contributed by atoms with E-state index in [4.69, 9.17) is 4.74 Å². The van der Waals surface area contributed by atoms with Crippen LogP contribution < -0.4 is 0 Å². The van der Waals surface area contributed by atoms with Gasteiger partial charge < -0.3 is 9.22 Å². The normalized spacial score (nSPS) is 27.7. The van der Waals surface area contributed by atoms with Crippen LogP contribution in [0.5, 0.6) is 0 Å². The summed E-state index contributed by atoms with van der Waals surface area (Å²) in [4.78, 5) is 11.0. The first-order chi connectivity index (χ1) is 4.58. The van der Waals surface area contributed by atoms with Crippen LogP contribution in [-0.2, 0) is 9.53 Å². The molecule has 3 nitrogen and oxygen atoms in total. The Bertz CT molecular complexity index is 154. The number of rotatable bonds is 2. The molecule has 0 spiro atoms. The van der Waals surface area contributed by atoms with E-state index >= 15 is 0 Å². The Hall–Kier alpha value is -0.570. The van der Waals surface area contributed by atoms with Crippen molar-refractivity contribution in [1.82, 2.24) is 0 Å². The van der Waals surface area contributed by atoms with Crippen LogP contribution in [0, 0.1) is 0 Å². The van der Waals surface area contributed by atoms with Gasteiger partial charge in [0.15, 0.2) is 0 Å². The lowest BCUT2D eigenvalue weighted by Gasteiger charge is -2.04. The van der Waals surface area contributed by atoms with Gasteiger partial charge in [-0.15, -0.1) is 0 Å². The van der Waals surface area contributed by atoms with E-state index in [-0.39, 0.29) is 12.0 Å². The van der Waals surface area contributed by atoms with Gasteiger partial charge in [-0.1, -0.05) is 0 Å². The van der Waals surface area contributed by atoms with E-state index in [0.29, 0.717) is 6.61 Å². The van der Waals surface area contributed by atoms with Gasteiger partial charge in [0.2, 0.25) is 6.04 Å². The fraction of sp³-hybridized carbons (Fsp3) is 0.857. The summed E-state index contributed by atoms with van der Waals surface area (Å²) in [5.41, 5.74) is 0. The Balaban J connectivity index is 2.33. The highest BCUT2D eigenvalue weighted by molar-refractivity contribution is 5.76. The second-order valence-corrected chi connectivity index (χ2v) is 3.23. The zero-order valence-corrected chi connectivity index (χ0v) is 6.76. The summed E-state index contributed by atoms with van der Waals surface area (Å²) in [6.45, 7) is 3.26. The molecule has 1 heterocycles. The smallest absolute Gasteiger partial charge is 0.371 e. The van der Waals surface area contributed by atoms with Crippen LogP contribution in [-0.4, -0.2) is 43.7 Å². The molecule has 58 valence electrons. The van der Waals surface area contributed by atoms with Crippen LogP contribution in [0.4, 0.5) is 0 Å². The van der Waals surface area contributed by atoms with Gasteiger partial charge in [-0.3, -0.25) is 0 Å². The molecule has 1 aliphatic heterocycles. The highest BCUT2D eigenvalue weighted by Crippen LogP contribution is 2.24. The van der Waals surface area contributed by atoms with Gasteiger partial charge in [-0.25, -0.2) is 4.79 Å². The lowest BCUT2D eigenvalue weighted by molar-refractivity contribution is -0.764. The van der Waals surface area contributed by atoms with Gasteiger partial charge in [0, 0.05) is 0 Å². The molecule has 0 unspecified atom stereocenters. The molecule has 1 atom stereocenters. The van der Waals surface area contributed by atoms with Crippen molar-refractivity contribution in [2.45, 2.75) is 13.0 Å². The summed E-state index contributed by atoms with van der Waals surface area (Å²) >= 11 is 0. The number of esters is 1. The van der Waals surface area contributed by atoms with Crippen LogP contribution in [0.25, 0.3) is 0 Å². The van der Waals surface area contributed by atoms with Crippen molar-refractivity contribution in [3.63, 3.8) is 0 Å². The van der Waals surface area contributed by atoms with Crippen molar-refractivity contribution in [3.8, 4) is 0 Å². The zero-order chi connectivity index (χ0) is 7.78. The number of quaternary nitrogens is 1. The quantitative estimate of drug-likeness (QED) is 0.310. The molecule has 0 amide bonds. The van der Waals surface area contributed by atoms with Crippen molar-refractivity contribution in [2.75, 3.05) is 27.2 Å². The van der Waals surface area contributed by atoms with Gasteiger partial charge in [0.1, 0.15) is 6.54 Å². The van der Waals surface area contributed by atoms with Gasteiger partial charge in [0.25, 0.3) is 0 Å². The zero-order valence-electron chi connectivity index (χ0n) is 6.76. The van der Waals surface area contributed by atoms with Crippen molar-refractivity contribution in [3.05, 3.63) is 0 Å². The number of hydrogen-bond acceptors (Lipinski definition) is 2. The molecular weight excluding hydrogens is 130 g/mol. The first-order valence-electron chi connectivity index (χ1n) is 3.57. The van der Waals surface area contributed by atoms with Gasteiger partial charge >= 0.3 is 5.97 Å². The van der Waals surface area contributed by atoms with Crippen LogP contribution in [0.15, 0.2) is 0 Å². The molecule has 1 saturated heterocycles. The summed E-state index contributed by atoms with van der Waals surface area (Å²) in [6.07, 6.45) is 0. The molecule has 1 aliphatic rings.